The van der Waals surface area contributed by atoms with E-state index in [1.54, 1.807) is 0 Å². The van der Waals surface area contributed by atoms with Gasteiger partial charge in [0, 0.05) is 31.4 Å². The molecule has 0 unspecified atom stereocenters. The van der Waals surface area contributed by atoms with E-state index >= 15 is 0 Å². The standard InChI is InChI=1S/C13H17NO3/c1-2-10(13-12(3-1)16-9-17-13)8-14-11-4-6-15-7-5-11/h1-3,11,14H,4-9H2. The third kappa shape index (κ3) is 2.37. The van der Waals surface area contributed by atoms with Gasteiger partial charge in [-0.05, 0) is 18.9 Å². The summed E-state index contributed by atoms with van der Waals surface area (Å²) in [6, 6.07) is 6.59. The summed E-state index contributed by atoms with van der Waals surface area (Å²) in [5, 5.41) is 3.55. The molecule has 1 N–H and O–H groups in total. The maximum atomic E-state index is 5.48. The largest absolute Gasteiger partial charge is 0.454 e. The molecule has 17 heavy (non-hydrogen) atoms. The van der Waals surface area contributed by atoms with Crippen LogP contribution in [0.3, 0.4) is 0 Å². The van der Waals surface area contributed by atoms with Crippen molar-refractivity contribution in [3.05, 3.63) is 23.8 Å². The SMILES string of the molecule is c1cc(CNC2CCOCC2)c2c(c1)OCO2. The third-order valence-corrected chi connectivity index (χ3v) is 3.28. The zero-order chi connectivity index (χ0) is 11.5. The van der Waals surface area contributed by atoms with Gasteiger partial charge in [-0.25, -0.2) is 0 Å². The minimum Gasteiger partial charge on any atom is -0.454 e. The predicted octanol–water partition coefficient (Wildman–Crippen LogP) is 1.68. The van der Waals surface area contributed by atoms with Gasteiger partial charge in [0.15, 0.2) is 11.5 Å². The number of fused-ring (bicyclic) bond motifs is 1. The average Bonchev–Trinajstić information content (AvgIpc) is 2.86. The van der Waals surface area contributed by atoms with E-state index < -0.39 is 0 Å². The fraction of sp³-hybridized carbons (Fsp3) is 0.538. The van der Waals surface area contributed by atoms with Crippen molar-refractivity contribution in [2.45, 2.75) is 25.4 Å². The molecule has 3 rings (SSSR count). The van der Waals surface area contributed by atoms with Crippen molar-refractivity contribution in [1.82, 2.24) is 5.32 Å². The first kappa shape index (κ1) is 10.9. The number of nitrogens with one attached hydrogen (secondary N) is 1. The monoisotopic (exact) mass is 235 g/mol. The summed E-state index contributed by atoms with van der Waals surface area (Å²) in [5.41, 5.74) is 1.17. The minimum atomic E-state index is 0.337. The van der Waals surface area contributed by atoms with Crippen LogP contribution in [0, 0.1) is 0 Å². The lowest BCUT2D eigenvalue weighted by atomic mass is 10.1. The number of ether oxygens (including phenoxy) is 3. The molecular weight excluding hydrogens is 218 g/mol. The molecule has 0 bridgehead atoms. The molecular formula is C13H17NO3. The highest BCUT2D eigenvalue weighted by Gasteiger charge is 2.18. The lowest BCUT2D eigenvalue weighted by Crippen LogP contribution is -2.34. The van der Waals surface area contributed by atoms with Crippen LogP contribution < -0.4 is 14.8 Å². The quantitative estimate of drug-likeness (QED) is 0.865. The van der Waals surface area contributed by atoms with Crippen LogP contribution >= 0.6 is 0 Å². The molecule has 1 fully saturated rings. The van der Waals surface area contributed by atoms with Gasteiger partial charge in [0.1, 0.15) is 0 Å². The normalized spacial score (nSPS) is 19.5. The van der Waals surface area contributed by atoms with Crippen LogP contribution in [0.2, 0.25) is 0 Å². The molecule has 1 aromatic carbocycles. The zero-order valence-corrected chi connectivity index (χ0v) is 9.78. The Bertz CT molecular complexity index is 388. The highest BCUT2D eigenvalue weighted by Crippen LogP contribution is 2.35. The Morgan fingerprint density at radius 1 is 1.18 bits per heavy atom. The molecule has 2 heterocycles. The van der Waals surface area contributed by atoms with Crippen LogP contribution in [0.25, 0.3) is 0 Å². The Balaban J connectivity index is 1.63. The van der Waals surface area contributed by atoms with Gasteiger partial charge in [0.05, 0.1) is 0 Å². The van der Waals surface area contributed by atoms with Crippen molar-refractivity contribution in [2.75, 3.05) is 20.0 Å². The van der Waals surface area contributed by atoms with E-state index in [2.05, 4.69) is 11.4 Å². The Kier molecular flexibility index (Phi) is 3.16. The van der Waals surface area contributed by atoms with E-state index in [-0.39, 0.29) is 0 Å². The number of para-hydroxylation sites is 1. The molecule has 0 amide bonds. The van der Waals surface area contributed by atoms with Crippen LogP contribution in [0.15, 0.2) is 18.2 Å². The van der Waals surface area contributed by atoms with Gasteiger partial charge in [-0.2, -0.15) is 0 Å². The average molecular weight is 235 g/mol. The van der Waals surface area contributed by atoms with Gasteiger partial charge >= 0.3 is 0 Å². The smallest absolute Gasteiger partial charge is 0.231 e. The number of rotatable bonds is 3. The van der Waals surface area contributed by atoms with E-state index in [4.69, 9.17) is 14.2 Å². The van der Waals surface area contributed by atoms with Gasteiger partial charge in [0.25, 0.3) is 0 Å². The summed E-state index contributed by atoms with van der Waals surface area (Å²) in [6.07, 6.45) is 2.18. The van der Waals surface area contributed by atoms with Crippen molar-refractivity contribution >= 4 is 0 Å². The molecule has 0 aliphatic carbocycles. The van der Waals surface area contributed by atoms with Crippen LogP contribution in [0.1, 0.15) is 18.4 Å². The molecule has 0 radical (unpaired) electrons. The summed E-state index contributed by atoms with van der Waals surface area (Å²) in [5.74, 6) is 1.75. The van der Waals surface area contributed by atoms with Crippen LogP contribution in [-0.4, -0.2) is 26.0 Å². The van der Waals surface area contributed by atoms with Crippen LogP contribution in [0.4, 0.5) is 0 Å². The van der Waals surface area contributed by atoms with E-state index in [1.807, 2.05) is 12.1 Å². The molecule has 2 aliphatic heterocycles. The second-order valence-corrected chi connectivity index (χ2v) is 4.42. The Hall–Kier alpha value is -1.26. The summed E-state index contributed by atoms with van der Waals surface area (Å²) in [4.78, 5) is 0. The zero-order valence-electron chi connectivity index (χ0n) is 9.78. The highest BCUT2D eigenvalue weighted by atomic mass is 16.7. The van der Waals surface area contributed by atoms with Crippen LogP contribution in [0.5, 0.6) is 11.5 Å². The number of benzene rings is 1. The first-order valence-corrected chi connectivity index (χ1v) is 6.12. The Morgan fingerprint density at radius 2 is 2.06 bits per heavy atom. The Morgan fingerprint density at radius 3 is 2.94 bits per heavy atom. The summed E-state index contributed by atoms with van der Waals surface area (Å²) >= 11 is 0. The first-order valence-electron chi connectivity index (χ1n) is 6.12. The van der Waals surface area contributed by atoms with Crippen LogP contribution in [-0.2, 0) is 11.3 Å². The summed E-state index contributed by atoms with van der Waals surface area (Å²) in [6.45, 7) is 2.90. The minimum absolute atomic E-state index is 0.337. The summed E-state index contributed by atoms with van der Waals surface area (Å²) in [7, 11) is 0. The topological polar surface area (TPSA) is 39.7 Å². The van der Waals surface area contributed by atoms with E-state index in [0.29, 0.717) is 12.8 Å². The highest BCUT2D eigenvalue weighted by molar-refractivity contribution is 5.48. The molecule has 1 aromatic rings. The number of hydrogen-bond donors (Lipinski definition) is 1. The maximum absolute atomic E-state index is 5.48. The molecule has 0 atom stereocenters. The van der Waals surface area contributed by atoms with Gasteiger partial charge in [-0.3, -0.25) is 0 Å². The molecule has 1 saturated heterocycles. The summed E-state index contributed by atoms with van der Waals surface area (Å²) < 4.78 is 16.2. The van der Waals surface area contributed by atoms with Gasteiger partial charge in [0.2, 0.25) is 6.79 Å². The Labute approximate surface area is 101 Å². The fourth-order valence-corrected chi connectivity index (χ4v) is 2.29. The molecule has 0 aromatic heterocycles. The molecule has 0 spiro atoms. The van der Waals surface area contributed by atoms with E-state index in [9.17, 15) is 0 Å². The first-order chi connectivity index (χ1) is 8.43. The third-order valence-electron chi connectivity index (χ3n) is 3.28. The van der Waals surface area contributed by atoms with Gasteiger partial charge < -0.3 is 19.5 Å². The van der Waals surface area contributed by atoms with Crippen molar-refractivity contribution in [3.8, 4) is 11.5 Å². The second kappa shape index (κ2) is 4.94. The van der Waals surface area contributed by atoms with Crippen molar-refractivity contribution in [1.29, 1.82) is 0 Å². The molecule has 0 saturated carbocycles. The van der Waals surface area contributed by atoms with Crippen molar-refractivity contribution in [3.63, 3.8) is 0 Å². The van der Waals surface area contributed by atoms with Gasteiger partial charge in [-0.1, -0.05) is 12.1 Å². The lowest BCUT2D eigenvalue weighted by molar-refractivity contribution is 0.0775. The lowest BCUT2D eigenvalue weighted by Gasteiger charge is -2.23. The molecule has 4 heteroatoms. The van der Waals surface area contributed by atoms with Gasteiger partial charge in [-0.15, -0.1) is 0 Å². The molecule has 4 nitrogen and oxygen atoms in total. The van der Waals surface area contributed by atoms with E-state index in [0.717, 1.165) is 44.1 Å². The fourth-order valence-electron chi connectivity index (χ4n) is 2.29. The van der Waals surface area contributed by atoms with Crippen molar-refractivity contribution in [2.24, 2.45) is 0 Å². The molecule has 2 aliphatic rings. The number of hydrogen-bond acceptors (Lipinski definition) is 4. The van der Waals surface area contributed by atoms with E-state index in [1.165, 1.54) is 5.56 Å². The molecule has 92 valence electrons. The van der Waals surface area contributed by atoms with Crippen molar-refractivity contribution < 1.29 is 14.2 Å². The second-order valence-electron chi connectivity index (χ2n) is 4.42. The predicted molar refractivity (Wildman–Crippen MR) is 63.2 cm³/mol. The maximum Gasteiger partial charge on any atom is 0.231 e.